The Labute approximate surface area is 136 Å². The van der Waals surface area contributed by atoms with E-state index in [4.69, 9.17) is 4.74 Å². The highest BCUT2D eigenvalue weighted by molar-refractivity contribution is 5.97. The number of amides is 1. The molecule has 122 valence electrons. The largest absolute Gasteiger partial charge is 0.455 e. The normalized spacial score (nSPS) is 11.1. The highest BCUT2D eigenvalue weighted by atomic mass is 16.5. The van der Waals surface area contributed by atoms with Gasteiger partial charge in [-0.1, -0.05) is 26.0 Å². The van der Waals surface area contributed by atoms with Gasteiger partial charge in [0.1, 0.15) is 11.5 Å². The third-order valence-electron chi connectivity index (χ3n) is 3.89. The Morgan fingerprint density at radius 3 is 2.61 bits per heavy atom. The van der Waals surface area contributed by atoms with E-state index in [0.29, 0.717) is 29.9 Å². The second-order valence-electron chi connectivity index (χ2n) is 5.40. The molecule has 0 fully saturated rings. The number of benzene rings is 1. The summed E-state index contributed by atoms with van der Waals surface area (Å²) in [6.45, 7) is 4.00. The minimum absolute atomic E-state index is 0.208. The Bertz CT molecular complexity index is 640. The molecular weight excluding hydrogens is 292 g/mol. The van der Waals surface area contributed by atoms with Crippen LogP contribution in [0.1, 0.15) is 37.0 Å². The minimum Gasteiger partial charge on any atom is -0.455 e. The zero-order valence-electron chi connectivity index (χ0n) is 13.5. The van der Waals surface area contributed by atoms with Crippen LogP contribution in [0.25, 0.3) is 0 Å². The molecule has 5 heteroatoms. The lowest BCUT2D eigenvalue weighted by molar-refractivity contribution is 0.0313. The molecule has 0 saturated heterocycles. The second kappa shape index (κ2) is 7.74. The van der Waals surface area contributed by atoms with Crippen molar-refractivity contribution >= 4 is 5.91 Å². The number of carbonyl (C=O) groups is 1. The Balaban J connectivity index is 2.12. The summed E-state index contributed by atoms with van der Waals surface area (Å²) in [5.74, 6) is 0.741. The average molecular weight is 314 g/mol. The van der Waals surface area contributed by atoms with Crippen LogP contribution >= 0.6 is 0 Å². The zero-order chi connectivity index (χ0) is 16.7. The molecule has 5 nitrogen and oxygen atoms in total. The quantitative estimate of drug-likeness (QED) is 0.823. The molecule has 1 aromatic carbocycles. The molecule has 2 N–H and O–H groups in total. The van der Waals surface area contributed by atoms with Crippen molar-refractivity contribution in [1.82, 2.24) is 10.3 Å². The van der Waals surface area contributed by atoms with Gasteiger partial charge in [0.15, 0.2) is 0 Å². The summed E-state index contributed by atoms with van der Waals surface area (Å²) in [6.07, 6.45) is 4.40. The predicted octanol–water partition coefficient (Wildman–Crippen LogP) is 3.15. The predicted molar refractivity (Wildman–Crippen MR) is 88.6 cm³/mol. The molecule has 2 aromatic rings. The maximum atomic E-state index is 12.4. The summed E-state index contributed by atoms with van der Waals surface area (Å²) in [7, 11) is 0. The highest BCUT2D eigenvalue weighted by Crippen LogP contribution is 2.24. The molecule has 0 atom stereocenters. The molecule has 1 heterocycles. The summed E-state index contributed by atoms with van der Waals surface area (Å²) < 4.78 is 5.73. The van der Waals surface area contributed by atoms with E-state index in [1.807, 2.05) is 13.8 Å². The van der Waals surface area contributed by atoms with Crippen molar-refractivity contribution in [1.29, 1.82) is 0 Å². The number of hydrogen-bond donors (Lipinski definition) is 2. The van der Waals surface area contributed by atoms with Gasteiger partial charge in [-0.25, -0.2) is 0 Å². The summed E-state index contributed by atoms with van der Waals surface area (Å²) in [5, 5.41) is 13.1. The Morgan fingerprint density at radius 1 is 1.22 bits per heavy atom. The fourth-order valence-corrected chi connectivity index (χ4v) is 2.12. The van der Waals surface area contributed by atoms with Crippen molar-refractivity contribution in [2.24, 2.45) is 0 Å². The lowest BCUT2D eigenvalue weighted by Gasteiger charge is -2.25. The maximum absolute atomic E-state index is 12.4. The Kier molecular flexibility index (Phi) is 5.71. The van der Waals surface area contributed by atoms with Crippen LogP contribution < -0.4 is 10.1 Å². The Hall–Kier alpha value is -2.40. The van der Waals surface area contributed by atoms with Crippen LogP contribution in [0, 0.1) is 0 Å². The molecular formula is C18H22N2O3. The standard InChI is InChI=1S/C18H22N2O3/c1-3-18(22,4-2)13-20-17(21)15-9-5-6-10-16(15)23-14-8-7-11-19-12-14/h5-12,22H,3-4,13H2,1-2H3,(H,20,21). The topological polar surface area (TPSA) is 71.5 Å². The first-order chi connectivity index (χ1) is 11.1. The lowest BCUT2D eigenvalue weighted by Crippen LogP contribution is -2.42. The van der Waals surface area contributed by atoms with Gasteiger partial charge in [0.2, 0.25) is 0 Å². The number of pyridine rings is 1. The SMILES string of the molecule is CCC(O)(CC)CNC(=O)c1ccccc1Oc1cccnc1. The minimum atomic E-state index is -0.880. The fourth-order valence-electron chi connectivity index (χ4n) is 2.12. The molecule has 0 bridgehead atoms. The molecule has 0 aliphatic heterocycles. The van der Waals surface area contributed by atoms with Crippen molar-refractivity contribution in [3.63, 3.8) is 0 Å². The molecule has 0 radical (unpaired) electrons. The first-order valence-corrected chi connectivity index (χ1v) is 7.75. The maximum Gasteiger partial charge on any atom is 0.255 e. The number of hydrogen-bond acceptors (Lipinski definition) is 4. The number of ether oxygens (including phenoxy) is 1. The number of para-hydroxylation sites is 1. The van der Waals surface area contributed by atoms with Crippen LogP contribution in [-0.2, 0) is 0 Å². The third-order valence-corrected chi connectivity index (χ3v) is 3.89. The van der Waals surface area contributed by atoms with Crippen LogP contribution in [0.3, 0.4) is 0 Å². The van der Waals surface area contributed by atoms with E-state index in [0.717, 1.165) is 0 Å². The highest BCUT2D eigenvalue weighted by Gasteiger charge is 2.23. The van der Waals surface area contributed by atoms with Crippen LogP contribution in [-0.4, -0.2) is 28.1 Å². The number of nitrogens with zero attached hydrogens (tertiary/aromatic N) is 1. The lowest BCUT2D eigenvalue weighted by atomic mass is 9.97. The van der Waals surface area contributed by atoms with Gasteiger partial charge in [-0.2, -0.15) is 0 Å². The van der Waals surface area contributed by atoms with Crippen LogP contribution in [0.2, 0.25) is 0 Å². The summed E-state index contributed by atoms with van der Waals surface area (Å²) in [4.78, 5) is 16.4. The second-order valence-corrected chi connectivity index (χ2v) is 5.40. The Morgan fingerprint density at radius 2 is 1.96 bits per heavy atom. The van der Waals surface area contributed by atoms with E-state index in [1.165, 1.54) is 0 Å². The number of carbonyl (C=O) groups excluding carboxylic acids is 1. The van der Waals surface area contributed by atoms with Gasteiger partial charge in [0, 0.05) is 12.7 Å². The van der Waals surface area contributed by atoms with E-state index < -0.39 is 5.60 Å². The van der Waals surface area contributed by atoms with E-state index in [1.54, 1.807) is 48.8 Å². The van der Waals surface area contributed by atoms with Gasteiger partial charge in [0.25, 0.3) is 5.91 Å². The fraction of sp³-hybridized carbons (Fsp3) is 0.333. The number of aliphatic hydroxyl groups is 1. The molecule has 0 saturated carbocycles. The number of nitrogens with one attached hydrogen (secondary N) is 1. The molecule has 1 aromatic heterocycles. The van der Waals surface area contributed by atoms with Gasteiger partial charge >= 0.3 is 0 Å². The van der Waals surface area contributed by atoms with Crippen molar-refractivity contribution in [2.75, 3.05) is 6.54 Å². The molecule has 23 heavy (non-hydrogen) atoms. The molecule has 0 unspecified atom stereocenters. The van der Waals surface area contributed by atoms with E-state index in [2.05, 4.69) is 10.3 Å². The van der Waals surface area contributed by atoms with Gasteiger partial charge in [-0.05, 0) is 37.1 Å². The van der Waals surface area contributed by atoms with Crippen molar-refractivity contribution in [3.05, 3.63) is 54.4 Å². The van der Waals surface area contributed by atoms with Crippen LogP contribution in [0.15, 0.2) is 48.8 Å². The number of aromatic nitrogens is 1. The first-order valence-electron chi connectivity index (χ1n) is 7.75. The third kappa shape index (κ3) is 4.53. The van der Waals surface area contributed by atoms with E-state index >= 15 is 0 Å². The van der Waals surface area contributed by atoms with Crippen molar-refractivity contribution in [3.8, 4) is 11.5 Å². The van der Waals surface area contributed by atoms with Crippen LogP contribution in [0.4, 0.5) is 0 Å². The average Bonchev–Trinajstić information content (AvgIpc) is 2.61. The summed E-state index contributed by atoms with van der Waals surface area (Å²) in [6, 6.07) is 10.5. The smallest absolute Gasteiger partial charge is 0.255 e. The van der Waals surface area contributed by atoms with Gasteiger partial charge in [0.05, 0.1) is 17.4 Å². The molecule has 0 aliphatic rings. The van der Waals surface area contributed by atoms with Crippen molar-refractivity contribution < 1.29 is 14.6 Å². The van der Waals surface area contributed by atoms with Gasteiger partial charge in [-0.3, -0.25) is 9.78 Å². The van der Waals surface area contributed by atoms with E-state index in [9.17, 15) is 9.90 Å². The molecule has 2 rings (SSSR count). The van der Waals surface area contributed by atoms with E-state index in [-0.39, 0.29) is 12.5 Å². The molecule has 1 amide bonds. The first kappa shape index (κ1) is 17.0. The summed E-state index contributed by atoms with van der Waals surface area (Å²) >= 11 is 0. The van der Waals surface area contributed by atoms with Crippen molar-refractivity contribution in [2.45, 2.75) is 32.3 Å². The van der Waals surface area contributed by atoms with Gasteiger partial charge in [-0.15, -0.1) is 0 Å². The zero-order valence-corrected chi connectivity index (χ0v) is 13.5. The number of rotatable bonds is 7. The molecule has 0 aliphatic carbocycles. The summed E-state index contributed by atoms with van der Waals surface area (Å²) in [5.41, 5.74) is -0.458. The van der Waals surface area contributed by atoms with Crippen LogP contribution in [0.5, 0.6) is 11.5 Å². The van der Waals surface area contributed by atoms with Gasteiger partial charge < -0.3 is 15.2 Å². The monoisotopic (exact) mass is 314 g/mol. The molecule has 0 spiro atoms.